The summed E-state index contributed by atoms with van der Waals surface area (Å²) in [7, 11) is 13.6. The predicted molar refractivity (Wildman–Crippen MR) is 185 cm³/mol. The molecule has 0 bridgehead atoms. The number of ether oxygens (including phenoxy) is 1. The summed E-state index contributed by atoms with van der Waals surface area (Å²) in [4.78, 5) is 43.6. The van der Waals surface area contributed by atoms with Gasteiger partial charge in [-0.15, -0.1) is 0 Å². The summed E-state index contributed by atoms with van der Waals surface area (Å²) >= 11 is 0. The quantitative estimate of drug-likeness (QED) is 0.195. The maximum Gasteiger partial charge on any atom is 0.254 e. The first-order valence-electron chi connectivity index (χ1n) is 14.7. The number of hydrogen-bond donors (Lipinski definition) is 3. The van der Waals surface area contributed by atoms with Crippen LogP contribution in [0.25, 0.3) is 0 Å². The highest BCUT2D eigenvalue weighted by Crippen LogP contribution is 2.42. The van der Waals surface area contributed by atoms with E-state index in [0.29, 0.717) is 18.4 Å². The average Bonchev–Trinajstić information content (AvgIpc) is 3.32. The predicted octanol–water partition coefficient (Wildman–Crippen LogP) is -8.16. The van der Waals surface area contributed by atoms with E-state index in [-0.39, 0.29) is 12.5 Å². The zero-order valence-electron chi connectivity index (χ0n) is 26.3. The third-order valence-electron chi connectivity index (χ3n) is 9.93. The van der Waals surface area contributed by atoms with E-state index in [1.165, 1.54) is 25.4 Å². The molecule has 9 nitrogen and oxygen atoms in total. The Morgan fingerprint density at radius 2 is 1.71 bits per heavy atom. The molecule has 2 heterocycles. The van der Waals surface area contributed by atoms with Gasteiger partial charge >= 0.3 is 0 Å². The number of carbonyl (C=O) groups excluding carboxylic acids is 3. The minimum Gasteiger partial charge on any atom is -0.397 e. The van der Waals surface area contributed by atoms with E-state index in [9.17, 15) is 19.5 Å². The fraction of sp³-hybridized carbons (Fsp3) is 0.423. The molecule has 0 radical (unpaired) electrons. The first-order chi connectivity index (χ1) is 19.7. The highest BCUT2D eigenvalue weighted by atomic mass is 16.5. The molecule has 16 heteroatoms. The number of carbonyl (C=O) groups is 3. The number of nitrogens with one attached hydrogen (secondary N) is 2. The van der Waals surface area contributed by atoms with Crippen LogP contribution in [0.1, 0.15) is 27.0 Å². The van der Waals surface area contributed by atoms with Crippen LogP contribution >= 0.6 is 0 Å². The molecule has 2 unspecified atom stereocenters. The van der Waals surface area contributed by atoms with E-state index < -0.39 is 22.1 Å². The Bertz CT molecular complexity index is 1400. The third kappa shape index (κ3) is 5.37. The first kappa shape index (κ1) is 32.1. The molecule has 2 aromatic carbocycles. The SMILES string of the molecule is Bc1c(B)c(NCc2cccc(CN3CCOCC3)c2)c2c(c1B)C(=O)N(C(B)(C(=O)NC)C(B)(O)C(B)(B)C=O)C2. The smallest absolute Gasteiger partial charge is 0.254 e. The number of rotatable bonds is 10. The monoisotopic (exact) mass is 564 g/mol. The van der Waals surface area contributed by atoms with Crippen LogP contribution in [-0.2, 0) is 34.0 Å². The highest BCUT2D eigenvalue weighted by Gasteiger charge is 2.61. The lowest BCUT2D eigenvalue weighted by Gasteiger charge is -2.53. The third-order valence-corrected chi connectivity index (χ3v) is 9.93. The van der Waals surface area contributed by atoms with Gasteiger partial charge in [0, 0.05) is 56.6 Å². The van der Waals surface area contributed by atoms with Crippen molar-refractivity contribution in [1.82, 2.24) is 15.1 Å². The standard InChI is InChI=1S/C26H39B7N4O5/c1-34-23(40)25(32,26(33,41)24(30,31)13-38)37-12-16-17(22(37)39)18(27)19(28)20(29)21(16)35-10-14-3-2-4-15(9-14)11-36-5-7-42-8-6-36/h2-4,9,13,35,41H,5-8,10-12,27-33H2,1H3,(H,34,40). The molecule has 0 spiro atoms. The van der Waals surface area contributed by atoms with Gasteiger partial charge in [-0.3, -0.25) is 14.5 Å². The van der Waals surface area contributed by atoms with Crippen LogP contribution in [0.5, 0.6) is 0 Å². The van der Waals surface area contributed by atoms with Crippen LogP contribution in [0.4, 0.5) is 5.69 Å². The number of aliphatic hydroxyl groups is 1. The molecule has 2 aromatic rings. The number of fused-ring (bicyclic) bond motifs is 1. The number of anilines is 1. The maximum atomic E-state index is 14.2. The largest absolute Gasteiger partial charge is 0.397 e. The fourth-order valence-corrected chi connectivity index (χ4v) is 6.28. The summed E-state index contributed by atoms with van der Waals surface area (Å²) in [6, 6.07) is 8.51. The number of benzene rings is 2. The normalized spacial score (nSPS) is 18.5. The molecule has 0 saturated carbocycles. The fourth-order valence-electron chi connectivity index (χ4n) is 6.28. The van der Waals surface area contributed by atoms with Gasteiger partial charge in [-0.2, -0.15) is 0 Å². The van der Waals surface area contributed by atoms with Crippen molar-refractivity contribution in [3.63, 3.8) is 0 Å². The summed E-state index contributed by atoms with van der Waals surface area (Å²) in [6.07, 6.45) is 0.640. The van der Waals surface area contributed by atoms with Crippen molar-refractivity contribution >= 4 is 95.1 Å². The van der Waals surface area contributed by atoms with Crippen LogP contribution in [0, 0.1) is 0 Å². The van der Waals surface area contributed by atoms with Gasteiger partial charge < -0.3 is 30.2 Å². The average molecular weight is 563 g/mol. The number of likely N-dealkylation sites (N-methyl/N-ethyl adjacent to an activating group) is 1. The lowest BCUT2D eigenvalue weighted by atomic mass is 9.34. The molecule has 42 heavy (non-hydrogen) atoms. The van der Waals surface area contributed by atoms with Crippen LogP contribution in [0.2, 0.25) is 5.21 Å². The van der Waals surface area contributed by atoms with Gasteiger partial charge in [-0.25, -0.2) is 0 Å². The second kappa shape index (κ2) is 12.1. The Hall–Kier alpha value is -2.82. The van der Waals surface area contributed by atoms with E-state index >= 15 is 0 Å². The van der Waals surface area contributed by atoms with Crippen molar-refractivity contribution in [2.24, 2.45) is 0 Å². The lowest BCUT2D eigenvalue weighted by molar-refractivity contribution is -0.136. The molecule has 4 rings (SSSR count). The second-order valence-electron chi connectivity index (χ2n) is 12.6. The number of aldehydes is 1. The minimum atomic E-state index is -1.88. The van der Waals surface area contributed by atoms with E-state index in [1.807, 2.05) is 23.5 Å². The topological polar surface area (TPSA) is 111 Å². The Balaban J connectivity index is 1.69. The van der Waals surface area contributed by atoms with Crippen LogP contribution in [0.3, 0.4) is 0 Å². The zero-order chi connectivity index (χ0) is 31.0. The maximum absolute atomic E-state index is 14.2. The Kier molecular flexibility index (Phi) is 9.21. The molecule has 1 fully saturated rings. The van der Waals surface area contributed by atoms with Crippen LogP contribution in [-0.4, -0.2) is 132 Å². The van der Waals surface area contributed by atoms with Crippen LogP contribution < -0.4 is 27.0 Å². The molecule has 2 aliphatic heterocycles. The molecule has 214 valence electrons. The molecular weight excluding hydrogens is 524 g/mol. The van der Waals surface area contributed by atoms with Gasteiger partial charge in [0.2, 0.25) is 5.91 Å². The van der Waals surface area contributed by atoms with E-state index in [4.69, 9.17) is 4.74 Å². The second-order valence-corrected chi connectivity index (χ2v) is 12.6. The van der Waals surface area contributed by atoms with Gasteiger partial charge in [-0.1, -0.05) is 40.7 Å². The number of nitrogens with zero attached hydrogens (tertiary/aromatic N) is 2. The minimum absolute atomic E-state index is 0.116. The van der Waals surface area contributed by atoms with Gasteiger partial charge in [0.05, 0.1) is 18.7 Å². The molecular formula is C26H39B7N4O5. The Labute approximate surface area is 255 Å². The van der Waals surface area contributed by atoms with Crippen molar-refractivity contribution < 1.29 is 24.2 Å². The van der Waals surface area contributed by atoms with E-state index in [1.54, 1.807) is 23.5 Å². The van der Waals surface area contributed by atoms with Crippen molar-refractivity contribution in [3.8, 4) is 0 Å². The number of hydrogen-bond acceptors (Lipinski definition) is 7. The molecule has 2 aliphatic rings. The summed E-state index contributed by atoms with van der Waals surface area (Å²) in [6.45, 7) is 4.91. The van der Waals surface area contributed by atoms with Gasteiger partial charge in [0.15, 0.2) is 0 Å². The van der Waals surface area contributed by atoms with Crippen molar-refractivity contribution in [3.05, 3.63) is 46.5 Å². The molecule has 0 aromatic heterocycles. The highest BCUT2D eigenvalue weighted by molar-refractivity contribution is 6.60. The van der Waals surface area contributed by atoms with E-state index in [2.05, 4.69) is 39.8 Å². The first-order valence-corrected chi connectivity index (χ1v) is 14.7. The van der Waals surface area contributed by atoms with Crippen LogP contribution in [0.15, 0.2) is 24.3 Å². The van der Waals surface area contributed by atoms with Gasteiger partial charge in [0.25, 0.3) is 5.91 Å². The summed E-state index contributed by atoms with van der Waals surface area (Å²) in [5.74, 6) is -0.879. The van der Waals surface area contributed by atoms with Crippen molar-refractivity contribution in [2.75, 3.05) is 38.7 Å². The molecule has 2 atom stereocenters. The van der Waals surface area contributed by atoms with Crippen molar-refractivity contribution in [2.45, 2.75) is 35.8 Å². The summed E-state index contributed by atoms with van der Waals surface area (Å²) < 4.78 is 5.48. The van der Waals surface area contributed by atoms with E-state index in [0.717, 1.165) is 66.1 Å². The Morgan fingerprint density at radius 3 is 2.33 bits per heavy atom. The van der Waals surface area contributed by atoms with Gasteiger partial charge in [-0.05, 0) is 16.3 Å². The lowest BCUT2D eigenvalue weighted by Crippen LogP contribution is -2.76. The molecule has 3 N–H and O–H groups in total. The van der Waals surface area contributed by atoms with Crippen molar-refractivity contribution in [1.29, 1.82) is 0 Å². The summed E-state index contributed by atoms with van der Waals surface area (Å²) in [5, 5.41) is 16.8. The molecule has 2 amide bonds. The Morgan fingerprint density at radius 1 is 1.07 bits per heavy atom. The van der Waals surface area contributed by atoms with Gasteiger partial charge in [0.1, 0.15) is 66.6 Å². The molecule has 0 aliphatic carbocycles. The summed E-state index contributed by atoms with van der Waals surface area (Å²) in [5.41, 5.74) is 3.81. The number of morpholine rings is 1. The zero-order valence-corrected chi connectivity index (χ0v) is 26.3. The number of amides is 2. The molecule has 1 saturated heterocycles.